The summed E-state index contributed by atoms with van der Waals surface area (Å²) in [5.74, 6) is 0.887. The first-order chi connectivity index (χ1) is 20.1. The molecule has 0 rings (SSSR count). The van der Waals surface area contributed by atoms with Gasteiger partial charge in [-0.2, -0.15) is 0 Å². The highest BCUT2D eigenvalue weighted by Crippen LogP contribution is 2.52. The lowest BCUT2D eigenvalue weighted by atomic mass is 10.0. The first-order valence-corrected chi connectivity index (χ1v) is 23.0. The van der Waals surface area contributed by atoms with E-state index in [2.05, 4.69) is 13.8 Å². The van der Waals surface area contributed by atoms with Gasteiger partial charge in [0.2, 0.25) is 0 Å². The summed E-state index contributed by atoms with van der Waals surface area (Å²) in [6, 6.07) is 0. The van der Waals surface area contributed by atoms with Crippen molar-refractivity contribution in [3.63, 3.8) is 0 Å². The van der Waals surface area contributed by atoms with Gasteiger partial charge >= 0.3 is 0 Å². The molecule has 0 amide bonds. The highest BCUT2D eigenvalue weighted by Gasteiger charge is 2.04. The third-order valence-corrected chi connectivity index (χ3v) is 12.9. The van der Waals surface area contributed by atoms with Gasteiger partial charge in [-0.15, -0.1) is 11.4 Å². The molecule has 4 N–H and O–H groups in total. The lowest BCUT2D eigenvalue weighted by molar-refractivity contribution is -0.174. The zero-order valence-electron chi connectivity index (χ0n) is 29.1. The Morgan fingerprint density at radius 2 is 0.667 bits per heavy atom. The first kappa shape index (κ1) is 45.0. The van der Waals surface area contributed by atoms with Gasteiger partial charge in [0.25, 0.3) is 0 Å². The molecule has 0 fully saturated rings. The van der Waals surface area contributed by atoms with Crippen LogP contribution >= 0.6 is 17.1 Å². The van der Waals surface area contributed by atoms with Crippen molar-refractivity contribution in [2.75, 3.05) is 12.4 Å². The average molecular weight is 652 g/mol. The van der Waals surface area contributed by atoms with E-state index in [1.165, 1.54) is 204 Å². The predicted octanol–water partition coefficient (Wildman–Crippen LogP) is 14.2. The molecule has 0 saturated heterocycles. The molecule has 42 heavy (non-hydrogen) atoms. The van der Waals surface area contributed by atoms with Crippen molar-refractivity contribution in [3.05, 3.63) is 0 Å². The lowest BCUT2D eigenvalue weighted by Gasteiger charge is -2.26. The van der Waals surface area contributed by atoms with E-state index < -0.39 is 5.69 Å². The Morgan fingerprint density at radius 3 is 0.952 bits per heavy atom. The van der Waals surface area contributed by atoms with Crippen LogP contribution in [0.15, 0.2) is 0 Å². The first-order valence-electron chi connectivity index (χ1n) is 18.7. The van der Waals surface area contributed by atoms with E-state index in [-0.39, 0.29) is 6.15 Å². The third kappa shape index (κ3) is 38.9. The molecule has 0 radical (unpaired) electrons. The lowest BCUT2D eigenvalue weighted by Crippen LogP contribution is -2.03. The van der Waals surface area contributed by atoms with Gasteiger partial charge in [0.05, 0.1) is 6.61 Å². The highest BCUT2D eigenvalue weighted by atomic mass is 32.9. The zero-order valence-corrected chi connectivity index (χ0v) is 31.6. The minimum absolute atomic E-state index is 0. The van der Waals surface area contributed by atoms with Crippen molar-refractivity contribution in [1.82, 2.24) is 6.15 Å². The molecule has 6 heteroatoms. The van der Waals surface area contributed by atoms with Crippen molar-refractivity contribution >= 4 is 28.9 Å². The van der Waals surface area contributed by atoms with E-state index >= 15 is 0 Å². The third-order valence-electron chi connectivity index (χ3n) is 8.49. The van der Waals surface area contributed by atoms with Crippen LogP contribution in [0.4, 0.5) is 0 Å². The standard InChI is InChI=1S/C36H75O2PS2.H3N/c1-3-5-7-9-11-13-15-17-19-21-23-25-27-29-31-33-35-38-39(37,40)41-36-34-32-30-28-26-24-22-20-18-16-14-12-10-8-6-4-2;/h3-36H2,1-2H3,(H,37,40);1H3. The molecule has 3 nitrogen and oxygen atoms in total. The molecule has 0 aromatic heterocycles. The predicted molar refractivity (Wildman–Crippen MR) is 198 cm³/mol. The number of rotatable bonds is 36. The summed E-state index contributed by atoms with van der Waals surface area (Å²) in [7, 11) is 0. The molecule has 0 aromatic rings. The van der Waals surface area contributed by atoms with Crippen LogP contribution in [-0.4, -0.2) is 12.4 Å². The smallest absolute Gasteiger partial charge is 0.0513 e. The van der Waals surface area contributed by atoms with Gasteiger partial charge in [0, 0.05) is 5.69 Å². The van der Waals surface area contributed by atoms with Crippen molar-refractivity contribution in [1.29, 1.82) is 0 Å². The molecule has 0 heterocycles. The van der Waals surface area contributed by atoms with Gasteiger partial charge in [-0.1, -0.05) is 218 Å². The van der Waals surface area contributed by atoms with Crippen LogP contribution in [-0.2, 0) is 16.3 Å². The van der Waals surface area contributed by atoms with Gasteiger partial charge in [-0.05, 0) is 18.6 Å². The summed E-state index contributed by atoms with van der Waals surface area (Å²) in [4.78, 5) is 12.5. The molecule has 0 aliphatic heterocycles. The molecule has 0 aliphatic rings. The van der Waals surface area contributed by atoms with E-state index in [1.54, 1.807) is 0 Å². The number of unbranched alkanes of at least 4 members (excludes halogenated alkanes) is 30. The molecule has 0 spiro atoms. The van der Waals surface area contributed by atoms with Crippen molar-refractivity contribution in [2.24, 2.45) is 0 Å². The summed E-state index contributed by atoms with van der Waals surface area (Å²) in [5, 5.41) is 0. The Balaban J connectivity index is 0. The molecule has 0 aromatic carbocycles. The van der Waals surface area contributed by atoms with Crippen LogP contribution in [0.5, 0.6) is 0 Å². The van der Waals surface area contributed by atoms with Crippen LogP contribution in [0, 0.1) is 0 Å². The fourth-order valence-electron chi connectivity index (χ4n) is 5.69. The van der Waals surface area contributed by atoms with Gasteiger partial charge in [-0.3, -0.25) is 0 Å². The number of hydrogen-bond donors (Lipinski definition) is 1. The van der Waals surface area contributed by atoms with E-state index in [9.17, 15) is 4.89 Å². The topological polar surface area (TPSA) is 68.8 Å². The largest absolute Gasteiger partial charge is 0.793 e. The minimum atomic E-state index is -2.87. The molecule has 1 atom stereocenters. The molecule has 0 aliphatic carbocycles. The van der Waals surface area contributed by atoms with Gasteiger partial charge in [0.1, 0.15) is 0 Å². The van der Waals surface area contributed by atoms with Crippen molar-refractivity contribution in [2.45, 2.75) is 219 Å². The number of hydrogen-bond acceptors (Lipinski definition) is 4. The molecular formula is C36H78NO2PS2. The van der Waals surface area contributed by atoms with Crippen LogP contribution in [0.1, 0.15) is 219 Å². The number of quaternary nitrogens is 1. The fraction of sp³-hybridized carbons (Fsp3) is 1.00. The van der Waals surface area contributed by atoms with Gasteiger partial charge in [-0.25, -0.2) is 0 Å². The summed E-state index contributed by atoms with van der Waals surface area (Å²) >= 11 is 6.66. The Morgan fingerprint density at radius 1 is 0.429 bits per heavy atom. The molecule has 0 bridgehead atoms. The Kier molecular flexibility index (Phi) is 40.8. The summed E-state index contributed by atoms with van der Waals surface area (Å²) in [5.41, 5.74) is -2.87. The van der Waals surface area contributed by atoms with E-state index in [0.717, 1.165) is 18.6 Å². The molecule has 256 valence electrons. The summed E-state index contributed by atoms with van der Waals surface area (Å²) < 4.78 is 5.61. The maximum Gasteiger partial charge on any atom is 0.0513 e. The second-order valence-corrected chi connectivity index (χ2v) is 18.9. The maximum atomic E-state index is 12.5. The van der Waals surface area contributed by atoms with Crippen LogP contribution in [0.3, 0.4) is 0 Å². The minimum Gasteiger partial charge on any atom is -0.793 e. The summed E-state index contributed by atoms with van der Waals surface area (Å²) in [6.45, 7) is 5.16. The molecule has 1 unspecified atom stereocenters. The van der Waals surface area contributed by atoms with E-state index in [0.29, 0.717) is 6.61 Å². The van der Waals surface area contributed by atoms with E-state index in [1.807, 2.05) is 0 Å². The van der Waals surface area contributed by atoms with Crippen LogP contribution in [0.2, 0.25) is 0 Å². The van der Waals surface area contributed by atoms with Crippen LogP contribution in [0.25, 0.3) is 0 Å². The van der Waals surface area contributed by atoms with Gasteiger partial charge in [0.15, 0.2) is 0 Å². The Labute approximate surface area is 275 Å². The second-order valence-electron chi connectivity index (χ2n) is 12.7. The van der Waals surface area contributed by atoms with Gasteiger partial charge < -0.3 is 15.6 Å². The van der Waals surface area contributed by atoms with Crippen LogP contribution < -0.4 is 11.0 Å². The normalized spacial score (nSPS) is 12.8. The quantitative estimate of drug-likeness (QED) is 0.0540. The summed E-state index contributed by atoms with van der Waals surface area (Å²) in [6.07, 6.45) is 43.9. The van der Waals surface area contributed by atoms with Crippen molar-refractivity contribution in [3.8, 4) is 0 Å². The fourth-order valence-corrected chi connectivity index (χ4v) is 9.07. The maximum absolute atomic E-state index is 12.5. The SMILES string of the molecule is CCCCCCCCCCCCCCCCCCOP([O-])(=S)SCCCCCCCCCCCCCCCCCC.[NH4+]. The zero-order chi connectivity index (χ0) is 30.0. The monoisotopic (exact) mass is 652 g/mol. The average Bonchev–Trinajstić information content (AvgIpc) is 2.96. The highest BCUT2D eigenvalue weighted by molar-refractivity contribution is 8.67. The second kappa shape index (κ2) is 38.1. The Hall–Kier alpha value is 0.880. The molecule has 0 saturated carbocycles. The Bertz CT molecular complexity index is 497. The van der Waals surface area contributed by atoms with Crippen molar-refractivity contribution < 1.29 is 9.42 Å². The van der Waals surface area contributed by atoms with E-state index in [4.69, 9.17) is 16.3 Å². The molecular weight excluding hydrogens is 574 g/mol.